The maximum absolute atomic E-state index is 13.4. The summed E-state index contributed by atoms with van der Waals surface area (Å²) in [5.74, 6) is 0.0577. The molecular weight excluding hydrogens is 480 g/mol. The second-order valence-electron chi connectivity index (χ2n) is 8.28. The molecule has 4 rings (SSSR count). The third-order valence-electron chi connectivity index (χ3n) is 5.57. The molecular formula is C26H24N4O5S. The van der Waals surface area contributed by atoms with Crippen LogP contribution in [0.5, 0.6) is 5.75 Å². The van der Waals surface area contributed by atoms with Gasteiger partial charge in [-0.2, -0.15) is 0 Å². The van der Waals surface area contributed by atoms with Gasteiger partial charge in [0.25, 0.3) is 11.2 Å². The minimum absolute atomic E-state index is 0.0551. The van der Waals surface area contributed by atoms with Gasteiger partial charge < -0.3 is 10.1 Å². The fraction of sp³-hybridized carbons (Fsp3) is 0.192. The number of ether oxygens (including phenoxy) is 1. The molecule has 3 aromatic carbocycles. The van der Waals surface area contributed by atoms with Crippen molar-refractivity contribution in [2.45, 2.75) is 24.9 Å². The molecule has 10 heteroatoms. The van der Waals surface area contributed by atoms with Gasteiger partial charge in [-0.25, -0.2) is 4.98 Å². The van der Waals surface area contributed by atoms with Gasteiger partial charge in [-0.15, -0.1) is 0 Å². The number of fused-ring (bicyclic) bond motifs is 1. The van der Waals surface area contributed by atoms with E-state index in [2.05, 4.69) is 24.1 Å². The van der Waals surface area contributed by atoms with E-state index in [0.717, 1.165) is 17.3 Å². The third kappa shape index (κ3) is 5.23. The molecule has 0 saturated carbocycles. The summed E-state index contributed by atoms with van der Waals surface area (Å²) >= 11 is 1.08. The van der Waals surface area contributed by atoms with Crippen molar-refractivity contribution < 1.29 is 14.5 Å². The van der Waals surface area contributed by atoms with Gasteiger partial charge in [0.15, 0.2) is 5.16 Å². The molecule has 1 aromatic heterocycles. The Morgan fingerprint density at radius 3 is 2.53 bits per heavy atom. The number of hydrogen-bond donors (Lipinski definition) is 1. The Morgan fingerprint density at radius 2 is 1.86 bits per heavy atom. The largest absolute Gasteiger partial charge is 0.496 e. The number of nitrogens with one attached hydrogen (secondary N) is 1. The Labute approximate surface area is 211 Å². The summed E-state index contributed by atoms with van der Waals surface area (Å²) in [7, 11) is 1.40. The van der Waals surface area contributed by atoms with Crippen LogP contribution in [0.25, 0.3) is 16.6 Å². The third-order valence-corrected chi connectivity index (χ3v) is 6.51. The monoisotopic (exact) mass is 504 g/mol. The van der Waals surface area contributed by atoms with Crippen LogP contribution in [0.15, 0.2) is 76.7 Å². The number of carbonyl (C=O) groups excluding carboxylic acids is 1. The lowest BCUT2D eigenvalue weighted by atomic mass is 10.0. The van der Waals surface area contributed by atoms with Crippen molar-refractivity contribution in [2.24, 2.45) is 0 Å². The Morgan fingerprint density at radius 1 is 1.14 bits per heavy atom. The number of anilines is 1. The number of hydrogen-bond acceptors (Lipinski definition) is 7. The zero-order valence-corrected chi connectivity index (χ0v) is 20.7. The number of nitrogens with zero attached hydrogens (tertiary/aromatic N) is 3. The van der Waals surface area contributed by atoms with Gasteiger partial charge in [0.05, 0.1) is 40.4 Å². The second-order valence-corrected chi connectivity index (χ2v) is 9.22. The number of rotatable bonds is 8. The highest BCUT2D eigenvalue weighted by Gasteiger charge is 2.19. The van der Waals surface area contributed by atoms with Gasteiger partial charge in [0, 0.05) is 0 Å². The number of carbonyl (C=O) groups is 1. The van der Waals surface area contributed by atoms with Gasteiger partial charge in [-0.1, -0.05) is 49.9 Å². The molecule has 1 heterocycles. The number of nitro benzene ring substituents is 1. The van der Waals surface area contributed by atoms with Gasteiger partial charge >= 0.3 is 0 Å². The summed E-state index contributed by atoms with van der Waals surface area (Å²) in [6.07, 6.45) is 0. The van der Waals surface area contributed by atoms with Crippen LogP contribution in [0.1, 0.15) is 25.3 Å². The molecule has 1 N–H and O–H groups in total. The summed E-state index contributed by atoms with van der Waals surface area (Å²) in [5, 5.41) is 14.8. The molecule has 184 valence electrons. The SMILES string of the molecule is COc1ccc(NC(=O)CSc2nc3ccccc3c(=O)n2-c2ccc(C(C)C)cc2)c([N+](=O)[O-])c1. The van der Waals surface area contributed by atoms with E-state index in [-0.39, 0.29) is 22.7 Å². The molecule has 0 aliphatic heterocycles. The lowest BCUT2D eigenvalue weighted by molar-refractivity contribution is -0.384. The van der Waals surface area contributed by atoms with Gasteiger partial charge in [0.1, 0.15) is 11.4 Å². The van der Waals surface area contributed by atoms with Crippen molar-refractivity contribution in [3.8, 4) is 11.4 Å². The van der Waals surface area contributed by atoms with E-state index in [1.165, 1.54) is 29.9 Å². The smallest absolute Gasteiger partial charge is 0.296 e. The van der Waals surface area contributed by atoms with E-state index < -0.39 is 10.8 Å². The predicted octanol–water partition coefficient (Wildman–Crippen LogP) is 5.16. The number of amides is 1. The fourth-order valence-corrected chi connectivity index (χ4v) is 4.47. The van der Waals surface area contributed by atoms with E-state index in [9.17, 15) is 19.7 Å². The number of thioether (sulfide) groups is 1. The predicted molar refractivity (Wildman–Crippen MR) is 140 cm³/mol. The second kappa shape index (κ2) is 10.6. The molecule has 0 aliphatic rings. The van der Waals surface area contributed by atoms with Gasteiger partial charge in [0.2, 0.25) is 5.91 Å². The molecule has 0 saturated heterocycles. The van der Waals surface area contributed by atoms with Crippen LogP contribution in [-0.4, -0.2) is 33.2 Å². The van der Waals surface area contributed by atoms with Crippen molar-refractivity contribution >= 4 is 39.9 Å². The molecule has 0 fully saturated rings. The van der Waals surface area contributed by atoms with Crippen LogP contribution >= 0.6 is 11.8 Å². The standard InChI is InChI=1S/C26H24N4O5S/c1-16(2)17-8-10-18(11-9-17)29-25(32)20-6-4-5-7-21(20)28-26(29)36-15-24(31)27-22-13-12-19(35-3)14-23(22)30(33)34/h4-14,16H,15H2,1-3H3,(H,27,31). The highest BCUT2D eigenvalue weighted by atomic mass is 32.2. The van der Waals surface area contributed by atoms with Crippen LogP contribution in [0.4, 0.5) is 11.4 Å². The highest BCUT2D eigenvalue weighted by molar-refractivity contribution is 7.99. The number of para-hydroxylation sites is 1. The summed E-state index contributed by atoms with van der Waals surface area (Å²) in [5.41, 5.74) is 1.82. The molecule has 4 aromatic rings. The van der Waals surface area contributed by atoms with E-state index >= 15 is 0 Å². The zero-order valence-electron chi connectivity index (χ0n) is 19.9. The van der Waals surface area contributed by atoms with E-state index in [4.69, 9.17) is 4.74 Å². The summed E-state index contributed by atoms with van der Waals surface area (Å²) < 4.78 is 6.52. The molecule has 0 unspecified atom stereocenters. The first-order valence-electron chi connectivity index (χ1n) is 11.2. The Balaban J connectivity index is 1.65. The van der Waals surface area contributed by atoms with Crippen molar-refractivity contribution in [1.29, 1.82) is 0 Å². The molecule has 0 radical (unpaired) electrons. The molecule has 0 atom stereocenters. The van der Waals surface area contributed by atoms with Crippen LogP contribution in [0.3, 0.4) is 0 Å². The van der Waals surface area contributed by atoms with Crippen LogP contribution < -0.4 is 15.6 Å². The Bertz CT molecular complexity index is 1500. The minimum Gasteiger partial charge on any atom is -0.496 e. The molecule has 0 bridgehead atoms. The Hall–Kier alpha value is -4.18. The van der Waals surface area contributed by atoms with Crippen molar-refractivity contribution in [2.75, 3.05) is 18.2 Å². The molecule has 0 aliphatic carbocycles. The lowest BCUT2D eigenvalue weighted by Gasteiger charge is -2.14. The highest BCUT2D eigenvalue weighted by Crippen LogP contribution is 2.29. The van der Waals surface area contributed by atoms with Crippen molar-refractivity contribution in [1.82, 2.24) is 9.55 Å². The lowest BCUT2D eigenvalue weighted by Crippen LogP contribution is -2.23. The fourth-order valence-electron chi connectivity index (χ4n) is 3.66. The van der Waals surface area contributed by atoms with Crippen molar-refractivity contribution in [3.05, 3.63) is 92.8 Å². The van der Waals surface area contributed by atoms with Gasteiger partial charge in [-0.3, -0.25) is 24.3 Å². The first kappa shape index (κ1) is 24.9. The summed E-state index contributed by atoms with van der Waals surface area (Å²) in [6.45, 7) is 4.18. The zero-order chi connectivity index (χ0) is 25.8. The number of aromatic nitrogens is 2. The summed E-state index contributed by atoms with van der Waals surface area (Å²) in [4.78, 5) is 41.6. The van der Waals surface area contributed by atoms with Crippen LogP contribution in [-0.2, 0) is 4.79 Å². The average molecular weight is 505 g/mol. The number of methoxy groups -OCH3 is 1. The van der Waals surface area contributed by atoms with E-state index in [0.29, 0.717) is 33.4 Å². The van der Waals surface area contributed by atoms with E-state index in [1.807, 2.05) is 24.3 Å². The van der Waals surface area contributed by atoms with Crippen molar-refractivity contribution in [3.63, 3.8) is 0 Å². The van der Waals surface area contributed by atoms with Crippen LogP contribution in [0.2, 0.25) is 0 Å². The Kier molecular flexibility index (Phi) is 7.35. The van der Waals surface area contributed by atoms with Gasteiger partial charge in [-0.05, 0) is 47.9 Å². The maximum Gasteiger partial charge on any atom is 0.296 e. The quantitative estimate of drug-likeness (QED) is 0.153. The first-order valence-corrected chi connectivity index (χ1v) is 12.1. The number of nitro groups is 1. The maximum atomic E-state index is 13.4. The van der Waals surface area contributed by atoms with Crippen LogP contribution in [0, 0.1) is 10.1 Å². The molecule has 1 amide bonds. The minimum atomic E-state index is -0.589. The molecule has 36 heavy (non-hydrogen) atoms. The number of benzene rings is 3. The topological polar surface area (TPSA) is 116 Å². The molecule has 0 spiro atoms. The normalized spacial score (nSPS) is 11.0. The summed E-state index contributed by atoms with van der Waals surface area (Å²) in [6, 6.07) is 18.9. The molecule has 9 nitrogen and oxygen atoms in total. The first-order chi connectivity index (χ1) is 17.3. The van der Waals surface area contributed by atoms with E-state index in [1.54, 1.807) is 24.3 Å². The average Bonchev–Trinajstić information content (AvgIpc) is 2.87.